The number of amides is 1. The summed E-state index contributed by atoms with van der Waals surface area (Å²) in [7, 11) is 0. The fraction of sp³-hybridized carbons (Fsp3) is 0.238. The number of fused-ring (bicyclic) bond motifs is 1. The number of pyridine rings is 1. The molecule has 0 saturated carbocycles. The van der Waals surface area contributed by atoms with Crippen molar-refractivity contribution in [2.24, 2.45) is 0 Å². The summed E-state index contributed by atoms with van der Waals surface area (Å²) >= 11 is 6.10. The van der Waals surface area contributed by atoms with E-state index in [9.17, 15) is 4.79 Å². The van der Waals surface area contributed by atoms with Gasteiger partial charge in [-0.1, -0.05) is 24.6 Å². The Labute approximate surface area is 173 Å². The van der Waals surface area contributed by atoms with Gasteiger partial charge in [0, 0.05) is 16.5 Å². The minimum Gasteiger partial charge on any atom is -0.320 e. The molecule has 4 aromatic rings. The summed E-state index contributed by atoms with van der Waals surface area (Å²) in [6.45, 7) is 6.09. The Morgan fingerprint density at radius 3 is 2.72 bits per heavy atom. The van der Waals surface area contributed by atoms with Crippen molar-refractivity contribution >= 4 is 34.2 Å². The summed E-state index contributed by atoms with van der Waals surface area (Å²) in [6, 6.07) is 9.47. The van der Waals surface area contributed by atoms with Gasteiger partial charge in [0.1, 0.15) is 0 Å². The van der Waals surface area contributed by atoms with Crippen molar-refractivity contribution in [1.82, 2.24) is 24.5 Å². The molecule has 8 heteroatoms. The average Bonchev–Trinajstić information content (AvgIpc) is 3.31. The van der Waals surface area contributed by atoms with Crippen LogP contribution >= 0.6 is 11.6 Å². The van der Waals surface area contributed by atoms with Gasteiger partial charge in [-0.25, -0.2) is 14.3 Å². The maximum atomic E-state index is 12.9. The van der Waals surface area contributed by atoms with Crippen molar-refractivity contribution in [1.29, 1.82) is 0 Å². The summed E-state index contributed by atoms with van der Waals surface area (Å²) in [6.07, 6.45) is 5.63. The van der Waals surface area contributed by atoms with Crippen LogP contribution < -0.4 is 5.32 Å². The number of nitrogens with one attached hydrogen (secondary N) is 1. The van der Waals surface area contributed by atoms with Gasteiger partial charge >= 0.3 is 0 Å². The lowest BCUT2D eigenvalue weighted by molar-refractivity contribution is 0.102. The van der Waals surface area contributed by atoms with Crippen molar-refractivity contribution < 1.29 is 4.79 Å². The molecule has 0 aliphatic heterocycles. The fourth-order valence-electron chi connectivity index (χ4n) is 3.32. The molecule has 1 N–H and O–H groups in total. The van der Waals surface area contributed by atoms with Gasteiger partial charge in [-0.2, -0.15) is 10.2 Å². The highest BCUT2D eigenvalue weighted by atomic mass is 35.5. The predicted octanol–water partition coefficient (Wildman–Crippen LogP) is 4.67. The van der Waals surface area contributed by atoms with E-state index in [1.165, 1.54) is 0 Å². The molecular formula is C21H21ClN6O. The molecule has 0 saturated heterocycles. The Bertz CT molecular complexity index is 1190. The van der Waals surface area contributed by atoms with Crippen LogP contribution in [0.15, 0.2) is 48.9 Å². The number of carbonyl (C=O) groups excluding carboxylic acids is 1. The van der Waals surface area contributed by atoms with Crippen LogP contribution in [0.3, 0.4) is 0 Å². The van der Waals surface area contributed by atoms with E-state index >= 15 is 0 Å². The maximum absolute atomic E-state index is 12.9. The third-order valence-corrected chi connectivity index (χ3v) is 4.92. The Hall–Kier alpha value is -3.19. The molecule has 148 valence electrons. The highest BCUT2D eigenvalue weighted by molar-refractivity contribution is 6.30. The molecule has 0 bridgehead atoms. The molecule has 0 radical (unpaired) electrons. The fourth-order valence-corrected chi connectivity index (χ4v) is 3.50. The maximum Gasteiger partial charge on any atom is 0.259 e. The Balaban J connectivity index is 1.63. The predicted molar refractivity (Wildman–Crippen MR) is 114 cm³/mol. The Morgan fingerprint density at radius 2 is 2.00 bits per heavy atom. The molecule has 4 rings (SSSR count). The topological polar surface area (TPSA) is 77.6 Å². The van der Waals surface area contributed by atoms with Crippen LogP contribution in [0.25, 0.3) is 16.7 Å². The van der Waals surface area contributed by atoms with Gasteiger partial charge in [0.15, 0.2) is 5.65 Å². The molecule has 1 aromatic carbocycles. The van der Waals surface area contributed by atoms with E-state index in [2.05, 4.69) is 20.5 Å². The summed E-state index contributed by atoms with van der Waals surface area (Å²) in [4.78, 5) is 17.4. The molecule has 7 nitrogen and oxygen atoms in total. The van der Waals surface area contributed by atoms with E-state index in [0.717, 1.165) is 22.4 Å². The van der Waals surface area contributed by atoms with E-state index in [-0.39, 0.29) is 11.9 Å². The van der Waals surface area contributed by atoms with Crippen molar-refractivity contribution in [2.75, 3.05) is 5.32 Å². The van der Waals surface area contributed by atoms with Crippen molar-refractivity contribution in [2.45, 2.75) is 33.2 Å². The molecule has 0 unspecified atom stereocenters. The zero-order valence-electron chi connectivity index (χ0n) is 16.4. The van der Waals surface area contributed by atoms with E-state index < -0.39 is 0 Å². The quantitative estimate of drug-likeness (QED) is 0.520. The molecule has 0 aliphatic carbocycles. The zero-order chi connectivity index (χ0) is 20.5. The summed E-state index contributed by atoms with van der Waals surface area (Å²) in [5.41, 5.74) is 3.55. The molecule has 0 atom stereocenters. The van der Waals surface area contributed by atoms with Crippen LogP contribution in [0.5, 0.6) is 0 Å². The van der Waals surface area contributed by atoms with Crippen molar-refractivity contribution in [3.05, 3.63) is 65.2 Å². The minimum absolute atomic E-state index is 0.213. The summed E-state index contributed by atoms with van der Waals surface area (Å²) in [5.74, 6) is -0.229. The van der Waals surface area contributed by atoms with Crippen LogP contribution in [0.1, 0.15) is 42.9 Å². The molecule has 3 aromatic heterocycles. The highest BCUT2D eigenvalue weighted by Crippen LogP contribution is 2.22. The number of benzene rings is 1. The molecular weight excluding hydrogens is 388 g/mol. The first kappa shape index (κ1) is 19.1. The number of aromatic nitrogens is 5. The van der Waals surface area contributed by atoms with Gasteiger partial charge in [-0.3, -0.25) is 4.79 Å². The number of carbonyl (C=O) groups is 1. The van der Waals surface area contributed by atoms with E-state index in [1.54, 1.807) is 29.3 Å². The van der Waals surface area contributed by atoms with Gasteiger partial charge in [0.05, 0.1) is 41.2 Å². The van der Waals surface area contributed by atoms with Gasteiger partial charge in [0.25, 0.3) is 5.91 Å². The minimum atomic E-state index is -0.229. The second-order valence-corrected chi connectivity index (χ2v) is 7.46. The molecule has 1 amide bonds. The third-order valence-electron chi connectivity index (χ3n) is 4.68. The van der Waals surface area contributed by atoms with Crippen LogP contribution in [0.4, 0.5) is 5.69 Å². The number of rotatable bonds is 5. The SMILES string of the molecule is CCc1c(C(=O)Nc2cnc3c(cnn3C(C)C)c2)cnn1-c1cccc(Cl)c1. The Morgan fingerprint density at radius 1 is 1.17 bits per heavy atom. The van der Waals surface area contributed by atoms with Gasteiger partial charge in [-0.05, 0) is 44.5 Å². The average molecular weight is 409 g/mol. The first-order valence-electron chi connectivity index (χ1n) is 9.45. The van der Waals surface area contributed by atoms with Crippen LogP contribution in [-0.2, 0) is 6.42 Å². The van der Waals surface area contributed by atoms with E-state index in [0.29, 0.717) is 22.7 Å². The number of halogens is 1. The molecule has 0 spiro atoms. The lowest BCUT2D eigenvalue weighted by Gasteiger charge is -2.09. The van der Waals surface area contributed by atoms with Crippen molar-refractivity contribution in [3.8, 4) is 5.69 Å². The zero-order valence-corrected chi connectivity index (χ0v) is 17.2. The number of hydrogen-bond donors (Lipinski definition) is 1. The summed E-state index contributed by atoms with van der Waals surface area (Å²) < 4.78 is 3.60. The first-order valence-corrected chi connectivity index (χ1v) is 9.83. The summed E-state index contributed by atoms with van der Waals surface area (Å²) in [5, 5.41) is 13.2. The molecule has 3 heterocycles. The van der Waals surface area contributed by atoms with E-state index in [4.69, 9.17) is 11.6 Å². The van der Waals surface area contributed by atoms with Gasteiger partial charge in [0.2, 0.25) is 0 Å². The molecule has 29 heavy (non-hydrogen) atoms. The standard InChI is InChI=1S/C21H21ClN6O/c1-4-19-18(12-25-28(19)17-7-5-6-15(22)9-17)21(29)26-16-8-14-10-24-27(13(2)3)20(14)23-11-16/h5-13H,4H2,1-3H3,(H,26,29). The molecule has 0 aliphatic rings. The third kappa shape index (κ3) is 3.61. The second kappa shape index (κ2) is 7.67. The van der Waals surface area contributed by atoms with Crippen LogP contribution in [0, 0.1) is 0 Å². The normalized spacial score (nSPS) is 11.3. The number of nitrogens with zero attached hydrogens (tertiary/aromatic N) is 5. The number of anilines is 1. The highest BCUT2D eigenvalue weighted by Gasteiger charge is 2.18. The molecule has 0 fully saturated rings. The second-order valence-electron chi connectivity index (χ2n) is 7.02. The van der Waals surface area contributed by atoms with E-state index in [1.807, 2.05) is 49.7 Å². The Kier molecular flexibility index (Phi) is 5.07. The first-order chi connectivity index (χ1) is 14.0. The monoisotopic (exact) mass is 408 g/mol. The van der Waals surface area contributed by atoms with Crippen molar-refractivity contribution in [3.63, 3.8) is 0 Å². The van der Waals surface area contributed by atoms with Crippen LogP contribution in [0.2, 0.25) is 5.02 Å². The van der Waals surface area contributed by atoms with Gasteiger partial charge < -0.3 is 5.32 Å². The largest absolute Gasteiger partial charge is 0.320 e. The lowest BCUT2D eigenvalue weighted by Crippen LogP contribution is -2.14. The number of hydrogen-bond acceptors (Lipinski definition) is 4. The van der Waals surface area contributed by atoms with Crippen LogP contribution in [-0.4, -0.2) is 30.5 Å². The lowest BCUT2D eigenvalue weighted by atomic mass is 10.2. The smallest absolute Gasteiger partial charge is 0.259 e. The van der Waals surface area contributed by atoms with Gasteiger partial charge in [-0.15, -0.1) is 0 Å².